The van der Waals surface area contributed by atoms with E-state index in [2.05, 4.69) is 20.9 Å². The van der Waals surface area contributed by atoms with Crippen LogP contribution in [-0.2, 0) is 16.8 Å². The fraction of sp³-hybridized carbons (Fsp3) is 0.400. The van der Waals surface area contributed by atoms with Gasteiger partial charge >= 0.3 is 0 Å². The fourth-order valence-electron chi connectivity index (χ4n) is 2.52. The van der Waals surface area contributed by atoms with Crippen LogP contribution in [0.2, 0.25) is 0 Å². The van der Waals surface area contributed by atoms with Crippen LogP contribution in [0.5, 0.6) is 0 Å². The minimum absolute atomic E-state index is 0. The van der Waals surface area contributed by atoms with Crippen molar-refractivity contribution in [2.24, 2.45) is 4.99 Å². The quantitative estimate of drug-likeness (QED) is 0.254. The van der Waals surface area contributed by atoms with E-state index in [1.165, 1.54) is 13.2 Å². The van der Waals surface area contributed by atoms with E-state index in [4.69, 9.17) is 4.42 Å². The Kier molecular flexibility index (Phi) is 10.0. The molecular weight excluding hydrogens is 471 g/mol. The molecule has 0 aliphatic heterocycles. The number of nitrogens with one attached hydrogen (secondary N) is 3. The summed E-state index contributed by atoms with van der Waals surface area (Å²) in [5.74, 6) is 1.04. The minimum atomic E-state index is -1.16. The Balaban J connectivity index is 0.00000392. The number of nitrogens with zero attached hydrogens (tertiary/aromatic N) is 1. The topological polar surface area (TPSA) is 98.9 Å². The van der Waals surface area contributed by atoms with E-state index in [1.54, 1.807) is 19.1 Å². The molecule has 0 saturated carbocycles. The second kappa shape index (κ2) is 11.7. The molecule has 1 atom stereocenters. The molecule has 28 heavy (non-hydrogen) atoms. The van der Waals surface area contributed by atoms with Crippen LogP contribution in [0.3, 0.4) is 0 Å². The molecule has 1 aromatic heterocycles. The van der Waals surface area contributed by atoms with Crippen LogP contribution >= 0.6 is 24.0 Å². The summed E-state index contributed by atoms with van der Waals surface area (Å²) in [7, 11) is 0. The molecule has 8 heteroatoms. The molecule has 4 N–H and O–H groups in total. The van der Waals surface area contributed by atoms with Gasteiger partial charge in [0, 0.05) is 25.7 Å². The molecule has 0 aliphatic rings. The van der Waals surface area contributed by atoms with Gasteiger partial charge in [-0.15, -0.1) is 24.0 Å². The number of aliphatic imine (C=N–C) groups is 1. The molecule has 0 radical (unpaired) electrons. The smallest absolute Gasteiger partial charge is 0.221 e. The summed E-state index contributed by atoms with van der Waals surface area (Å²) in [6, 6.07) is 11.2. The molecule has 0 bridgehead atoms. The average Bonchev–Trinajstić information content (AvgIpc) is 3.16. The highest BCUT2D eigenvalue weighted by Gasteiger charge is 2.26. The summed E-state index contributed by atoms with van der Waals surface area (Å²) < 4.78 is 5.28. The number of furan rings is 1. The number of hydrogen-bond acceptors (Lipinski definition) is 4. The van der Waals surface area contributed by atoms with Gasteiger partial charge in [-0.05, 0) is 50.1 Å². The van der Waals surface area contributed by atoms with E-state index < -0.39 is 5.60 Å². The zero-order valence-corrected chi connectivity index (χ0v) is 18.8. The summed E-state index contributed by atoms with van der Waals surface area (Å²) in [6.45, 7) is 6.75. The number of guanidine groups is 1. The number of amides is 1. The second-order valence-corrected chi connectivity index (χ2v) is 6.50. The van der Waals surface area contributed by atoms with Crippen molar-refractivity contribution < 1.29 is 14.3 Å². The lowest BCUT2D eigenvalue weighted by atomic mass is 10.0. The zero-order valence-electron chi connectivity index (χ0n) is 16.5. The van der Waals surface area contributed by atoms with E-state index >= 15 is 0 Å². The van der Waals surface area contributed by atoms with E-state index in [0.717, 1.165) is 24.2 Å². The van der Waals surface area contributed by atoms with Gasteiger partial charge in [-0.2, -0.15) is 0 Å². The Bertz CT molecular complexity index is 743. The van der Waals surface area contributed by atoms with Crippen molar-refractivity contribution in [2.45, 2.75) is 32.8 Å². The maximum Gasteiger partial charge on any atom is 0.221 e. The number of carbonyl (C=O) groups is 1. The largest absolute Gasteiger partial charge is 0.466 e. The number of rotatable bonds is 8. The third kappa shape index (κ3) is 7.89. The van der Waals surface area contributed by atoms with Gasteiger partial charge in [0.15, 0.2) is 5.96 Å². The molecule has 0 aliphatic carbocycles. The Labute approximate surface area is 183 Å². The second-order valence-electron chi connectivity index (χ2n) is 6.50. The predicted octanol–water partition coefficient (Wildman–Crippen LogP) is 2.86. The third-order valence-electron chi connectivity index (χ3n) is 3.92. The molecule has 154 valence electrons. The number of carbonyl (C=O) groups excluding carboxylic acids is 1. The summed E-state index contributed by atoms with van der Waals surface area (Å²) >= 11 is 0. The van der Waals surface area contributed by atoms with Gasteiger partial charge in [-0.3, -0.25) is 4.79 Å². The van der Waals surface area contributed by atoms with Crippen molar-refractivity contribution in [2.75, 3.05) is 25.0 Å². The van der Waals surface area contributed by atoms with Crippen LogP contribution in [0.1, 0.15) is 32.1 Å². The molecule has 2 rings (SSSR count). The molecule has 2 aromatic rings. The lowest BCUT2D eigenvalue weighted by molar-refractivity contribution is -0.114. The van der Waals surface area contributed by atoms with Crippen molar-refractivity contribution >= 4 is 41.5 Å². The highest BCUT2D eigenvalue weighted by atomic mass is 127. The highest BCUT2D eigenvalue weighted by Crippen LogP contribution is 2.21. The van der Waals surface area contributed by atoms with Gasteiger partial charge in [0.1, 0.15) is 11.4 Å². The summed E-state index contributed by atoms with van der Waals surface area (Å²) in [4.78, 5) is 15.5. The van der Waals surface area contributed by atoms with E-state index in [0.29, 0.717) is 18.3 Å². The van der Waals surface area contributed by atoms with Gasteiger partial charge in [-0.25, -0.2) is 4.99 Å². The van der Waals surface area contributed by atoms with Crippen LogP contribution in [-0.4, -0.2) is 36.6 Å². The Morgan fingerprint density at radius 1 is 1.21 bits per heavy atom. The van der Waals surface area contributed by atoms with Crippen LogP contribution in [0.25, 0.3) is 0 Å². The molecule has 1 amide bonds. The molecular formula is C20H29IN4O3. The standard InChI is InChI=1S/C20H28N4O3.HI/c1-4-21-19(23-14-20(3,26)18-6-5-13-27-18)22-12-11-16-7-9-17(10-8-16)24-15(2)25;/h5-10,13,26H,4,11-12,14H2,1-3H3,(H,24,25)(H2,21,22,23);1H. The molecule has 0 spiro atoms. The minimum Gasteiger partial charge on any atom is -0.466 e. The lowest BCUT2D eigenvalue weighted by Crippen LogP contribution is -2.39. The number of aliphatic hydroxyl groups is 1. The SMILES string of the molecule is CCNC(=NCC(C)(O)c1ccco1)NCCc1ccc(NC(C)=O)cc1.I. The van der Waals surface area contributed by atoms with Crippen molar-refractivity contribution in [3.05, 3.63) is 54.0 Å². The van der Waals surface area contributed by atoms with Gasteiger partial charge in [-0.1, -0.05) is 12.1 Å². The number of benzene rings is 1. The average molecular weight is 500 g/mol. The van der Waals surface area contributed by atoms with E-state index in [1.807, 2.05) is 31.2 Å². The maximum absolute atomic E-state index is 11.0. The van der Waals surface area contributed by atoms with Gasteiger partial charge in [0.25, 0.3) is 0 Å². The molecule has 1 heterocycles. The van der Waals surface area contributed by atoms with Crippen molar-refractivity contribution in [3.8, 4) is 0 Å². The first-order valence-corrected chi connectivity index (χ1v) is 9.06. The maximum atomic E-state index is 11.0. The summed E-state index contributed by atoms with van der Waals surface area (Å²) in [5.41, 5.74) is 0.773. The normalized spacial score (nSPS) is 13.2. The van der Waals surface area contributed by atoms with Gasteiger partial charge < -0.3 is 25.5 Å². The monoisotopic (exact) mass is 500 g/mol. The van der Waals surface area contributed by atoms with Crippen LogP contribution in [0.4, 0.5) is 5.69 Å². The molecule has 0 saturated heterocycles. The fourth-order valence-corrected chi connectivity index (χ4v) is 2.52. The zero-order chi connectivity index (χ0) is 19.7. The van der Waals surface area contributed by atoms with E-state index in [-0.39, 0.29) is 36.4 Å². The summed E-state index contributed by atoms with van der Waals surface area (Å²) in [6.07, 6.45) is 2.34. The third-order valence-corrected chi connectivity index (χ3v) is 3.92. The van der Waals surface area contributed by atoms with E-state index in [9.17, 15) is 9.90 Å². The molecule has 1 aromatic carbocycles. The number of anilines is 1. The Morgan fingerprint density at radius 2 is 1.93 bits per heavy atom. The first-order valence-electron chi connectivity index (χ1n) is 9.06. The van der Waals surface area contributed by atoms with Crippen LogP contribution in [0.15, 0.2) is 52.1 Å². The first kappa shape index (κ1) is 24.0. The van der Waals surface area contributed by atoms with Crippen molar-refractivity contribution in [1.82, 2.24) is 10.6 Å². The summed E-state index contributed by atoms with van der Waals surface area (Å²) in [5, 5.41) is 19.7. The van der Waals surface area contributed by atoms with Gasteiger partial charge in [0.05, 0.1) is 12.8 Å². The molecule has 7 nitrogen and oxygen atoms in total. The Morgan fingerprint density at radius 3 is 2.50 bits per heavy atom. The first-order chi connectivity index (χ1) is 12.9. The molecule has 0 fully saturated rings. The predicted molar refractivity (Wildman–Crippen MR) is 122 cm³/mol. The number of halogens is 1. The van der Waals surface area contributed by atoms with Crippen molar-refractivity contribution in [1.29, 1.82) is 0 Å². The lowest BCUT2D eigenvalue weighted by Gasteiger charge is -2.19. The van der Waals surface area contributed by atoms with Crippen LogP contribution in [0, 0.1) is 0 Å². The molecule has 1 unspecified atom stereocenters. The number of hydrogen-bond donors (Lipinski definition) is 4. The highest BCUT2D eigenvalue weighted by molar-refractivity contribution is 14.0. The van der Waals surface area contributed by atoms with Crippen LogP contribution < -0.4 is 16.0 Å². The van der Waals surface area contributed by atoms with Crippen molar-refractivity contribution in [3.63, 3.8) is 0 Å². The van der Waals surface area contributed by atoms with Gasteiger partial charge in [0.2, 0.25) is 5.91 Å². The Hall–Kier alpha value is -2.07.